The minimum Gasteiger partial charge on any atom is -0.388 e. The first kappa shape index (κ1) is 16.5. The Morgan fingerprint density at radius 1 is 1.15 bits per heavy atom. The molecular formula is C13H21N3O3S. The zero-order chi connectivity index (χ0) is 15.4. The molecule has 0 unspecified atom stereocenters. The minimum atomic E-state index is -3.67. The van der Waals surface area contributed by atoms with Gasteiger partial charge in [-0.1, -0.05) is 0 Å². The normalized spacial score (nSPS) is 12.0. The van der Waals surface area contributed by atoms with Gasteiger partial charge in [0.15, 0.2) is 0 Å². The molecule has 7 heteroatoms. The molecule has 1 rings (SSSR count). The van der Waals surface area contributed by atoms with Crippen molar-refractivity contribution in [3.8, 4) is 0 Å². The van der Waals surface area contributed by atoms with E-state index in [1.165, 1.54) is 12.1 Å². The van der Waals surface area contributed by atoms with Crippen LogP contribution in [0.15, 0.2) is 29.2 Å². The fourth-order valence-corrected chi connectivity index (χ4v) is 2.49. The Morgan fingerprint density at radius 3 is 2.15 bits per heavy atom. The molecular weight excluding hydrogens is 278 g/mol. The number of hydrogen-bond acceptors (Lipinski definition) is 4. The van der Waals surface area contributed by atoms with Crippen molar-refractivity contribution in [1.29, 1.82) is 0 Å². The van der Waals surface area contributed by atoms with Gasteiger partial charge in [-0.15, -0.1) is 0 Å². The van der Waals surface area contributed by atoms with Crippen molar-refractivity contribution in [2.45, 2.75) is 31.2 Å². The summed E-state index contributed by atoms with van der Waals surface area (Å²) < 4.78 is 26.3. The quantitative estimate of drug-likeness (QED) is 0.754. The number of anilines is 1. The topological polar surface area (TPSA) is 87.3 Å². The highest BCUT2D eigenvalue weighted by molar-refractivity contribution is 7.89. The number of sulfonamides is 1. The van der Waals surface area contributed by atoms with Crippen molar-refractivity contribution in [2.24, 2.45) is 0 Å². The largest absolute Gasteiger partial charge is 0.388 e. The van der Waals surface area contributed by atoms with Gasteiger partial charge in [-0.3, -0.25) is 4.79 Å². The Labute approximate surface area is 120 Å². The fourth-order valence-electron chi connectivity index (χ4n) is 1.51. The average molecular weight is 299 g/mol. The minimum absolute atomic E-state index is 0.125. The summed E-state index contributed by atoms with van der Waals surface area (Å²) in [4.78, 5) is 11.7. The average Bonchev–Trinajstić information content (AvgIpc) is 2.35. The maximum Gasteiger partial charge on any atom is 0.241 e. The third-order valence-corrected chi connectivity index (χ3v) is 3.81. The van der Waals surface area contributed by atoms with E-state index in [4.69, 9.17) is 0 Å². The van der Waals surface area contributed by atoms with Gasteiger partial charge in [-0.25, -0.2) is 13.1 Å². The zero-order valence-electron chi connectivity index (χ0n) is 12.1. The Hall–Kier alpha value is -1.60. The Kier molecular flexibility index (Phi) is 5.13. The highest BCUT2D eigenvalue weighted by Crippen LogP contribution is 2.13. The summed E-state index contributed by atoms with van der Waals surface area (Å²) in [5, 5.41) is 5.59. The monoisotopic (exact) mass is 299 g/mol. The maximum atomic E-state index is 12.0. The van der Waals surface area contributed by atoms with Gasteiger partial charge >= 0.3 is 0 Å². The second-order valence-electron chi connectivity index (χ2n) is 5.40. The molecule has 0 bridgehead atoms. The van der Waals surface area contributed by atoms with E-state index in [0.717, 1.165) is 5.69 Å². The molecule has 0 aliphatic rings. The van der Waals surface area contributed by atoms with Gasteiger partial charge in [0.05, 0.1) is 11.4 Å². The van der Waals surface area contributed by atoms with Crippen LogP contribution in [0.2, 0.25) is 0 Å². The number of carbonyl (C=O) groups is 1. The molecule has 1 aromatic carbocycles. The molecule has 0 spiro atoms. The van der Waals surface area contributed by atoms with Crippen LogP contribution in [0.3, 0.4) is 0 Å². The highest BCUT2D eigenvalue weighted by atomic mass is 32.2. The summed E-state index contributed by atoms with van der Waals surface area (Å²) in [7, 11) is -1.93. The van der Waals surface area contributed by atoms with Crippen molar-refractivity contribution in [1.82, 2.24) is 10.0 Å². The van der Waals surface area contributed by atoms with Crippen LogP contribution in [0.5, 0.6) is 0 Å². The smallest absolute Gasteiger partial charge is 0.241 e. The molecule has 0 saturated heterocycles. The summed E-state index contributed by atoms with van der Waals surface area (Å²) in [6, 6.07) is 6.28. The molecule has 0 heterocycles. The summed E-state index contributed by atoms with van der Waals surface area (Å²) in [6.07, 6.45) is 0. The first-order valence-electron chi connectivity index (χ1n) is 6.22. The van der Waals surface area contributed by atoms with Gasteiger partial charge in [0.1, 0.15) is 0 Å². The lowest BCUT2D eigenvalue weighted by molar-refractivity contribution is -0.121. The van der Waals surface area contributed by atoms with E-state index in [1.54, 1.807) is 19.2 Å². The summed E-state index contributed by atoms with van der Waals surface area (Å²) in [5.41, 5.74) is 0.422. The molecule has 3 N–H and O–H groups in total. The van der Waals surface area contributed by atoms with Crippen LogP contribution in [-0.2, 0) is 14.8 Å². The van der Waals surface area contributed by atoms with E-state index in [2.05, 4.69) is 15.4 Å². The van der Waals surface area contributed by atoms with Crippen molar-refractivity contribution in [3.05, 3.63) is 24.3 Å². The van der Waals surface area contributed by atoms with E-state index in [0.29, 0.717) is 0 Å². The number of rotatable bonds is 5. The van der Waals surface area contributed by atoms with Crippen molar-refractivity contribution >= 4 is 21.6 Å². The van der Waals surface area contributed by atoms with Crippen LogP contribution in [-0.4, -0.2) is 33.5 Å². The van der Waals surface area contributed by atoms with Crippen LogP contribution in [0, 0.1) is 0 Å². The molecule has 1 amide bonds. The molecule has 0 saturated carbocycles. The van der Waals surface area contributed by atoms with Crippen LogP contribution in [0.1, 0.15) is 20.8 Å². The van der Waals surface area contributed by atoms with Gasteiger partial charge < -0.3 is 10.6 Å². The van der Waals surface area contributed by atoms with Crippen LogP contribution in [0.4, 0.5) is 5.69 Å². The van der Waals surface area contributed by atoms with Gasteiger partial charge in [-0.05, 0) is 45.0 Å². The molecule has 0 aliphatic heterocycles. The summed E-state index contributed by atoms with van der Waals surface area (Å²) >= 11 is 0. The lowest BCUT2D eigenvalue weighted by Crippen LogP contribution is -2.45. The van der Waals surface area contributed by atoms with Crippen molar-refractivity contribution in [2.75, 3.05) is 18.9 Å². The molecule has 20 heavy (non-hydrogen) atoms. The number of benzene rings is 1. The van der Waals surface area contributed by atoms with E-state index in [9.17, 15) is 13.2 Å². The van der Waals surface area contributed by atoms with Crippen molar-refractivity contribution in [3.63, 3.8) is 0 Å². The zero-order valence-corrected chi connectivity index (χ0v) is 13.0. The van der Waals surface area contributed by atoms with Crippen LogP contribution in [0.25, 0.3) is 0 Å². The van der Waals surface area contributed by atoms with E-state index in [-0.39, 0.29) is 17.3 Å². The SMILES string of the molecule is CNc1ccc(S(=O)(=O)NCC(=O)NC(C)(C)C)cc1. The molecule has 0 aromatic heterocycles. The van der Waals surface area contributed by atoms with E-state index >= 15 is 0 Å². The first-order chi connectivity index (χ1) is 9.14. The third-order valence-electron chi connectivity index (χ3n) is 2.39. The van der Waals surface area contributed by atoms with Gasteiger partial charge in [0.2, 0.25) is 15.9 Å². The predicted molar refractivity (Wildman–Crippen MR) is 79.1 cm³/mol. The Bertz CT molecular complexity index is 560. The van der Waals surface area contributed by atoms with Gasteiger partial charge in [0.25, 0.3) is 0 Å². The molecule has 0 aliphatic carbocycles. The molecule has 0 fully saturated rings. The second-order valence-corrected chi connectivity index (χ2v) is 7.16. The fraction of sp³-hybridized carbons (Fsp3) is 0.462. The molecule has 6 nitrogen and oxygen atoms in total. The number of amides is 1. The lowest BCUT2D eigenvalue weighted by Gasteiger charge is -2.20. The van der Waals surface area contributed by atoms with Crippen molar-refractivity contribution < 1.29 is 13.2 Å². The van der Waals surface area contributed by atoms with Crippen LogP contribution >= 0.6 is 0 Å². The first-order valence-corrected chi connectivity index (χ1v) is 7.71. The standard InChI is InChI=1S/C13H21N3O3S/c1-13(2,3)16-12(17)9-15-20(18,19)11-7-5-10(14-4)6-8-11/h5-8,14-15H,9H2,1-4H3,(H,16,17). The van der Waals surface area contributed by atoms with Gasteiger partial charge in [-0.2, -0.15) is 0 Å². The number of hydrogen-bond donors (Lipinski definition) is 3. The predicted octanol–water partition coefficient (Wildman–Crippen LogP) is 0.921. The highest BCUT2D eigenvalue weighted by Gasteiger charge is 2.18. The number of carbonyl (C=O) groups excluding carboxylic acids is 1. The second kappa shape index (κ2) is 6.23. The third kappa shape index (κ3) is 5.18. The van der Waals surface area contributed by atoms with E-state index < -0.39 is 15.6 Å². The Balaban J connectivity index is 2.68. The molecule has 0 radical (unpaired) electrons. The van der Waals surface area contributed by atoms with E-state index in [1.807, 2.05) is 20.8 Å². The molecule has 112 valence electrons. The molecule has 1 aromatic rings. The van der Waals surface area contributed by atoms with Gasteiger partial charge in [0, 0.05) is 18.3 Å². The maximum absolute atomic E-state index is 12.0. The van der Waals surface area contributed by atoms with Crippen LogP contribution < -0.4 is 15.4 Å². The summed E-state index contributed by atoms with van der Waals surface area (Å²) in [6.45, 7) is 5.20. The molecule has 0 atom stereocenters. The number of nitrogens with one attached hydrogen (secondary N) is 3. The Morgan fingerprint density at radius 2 is 1.70 bits per heavy atom. The summed E-state index contributed by atoms with van der Waals surface area (Å²) in [5.74, 6) is -0.368. The lowest BCUT2D eigenvalue weighted by atomic mass is 10.1.